The van der Waals surface area contributed by atoms with Gasteiger partial charge < -0.3 is 4.90 Å². The van der Waals surface area contributed by atoms with Crippen molar-refractivity contribution in [2.24, 2.45) is 0 Å². The number of fused-ring (bicyclic) bond motifs is 2. The zero-order chi connectivity index (χ0) is 31.9. The van der Waals surface area contributed by atoms with Gasteiger partial charge in [0.1, 0.15) is 0 Å². The molecule has 45 heavy (non-hydrogen) atoms. The fourth-order valence-electron chi connectivity index (χ4n) is 6.62. The van der Waals surface area contributed by atoms with Gasteiger partial charge in [-0.3, -0.25) is 14.1 Å². The van der Waals surface area contributed by atoms with E-state index in [1.54, 1.807) is 0 Å². The molecule has 1 saturated heterocycles. The van der Waals surface area contributed by atoms with Gasteiger partial charge in [0.25, 0.3) is 6.67 Å². The van der Waals surface area contributed by atoms with Gasteiger partial charge in [0.15, 0.2) is 0 Å². The first-order valence-electron chi connectivity index (χ1n) is 14.9. The molecule has 2 aliphatic heterocycles. The molecule has 2 aromatic heterocycles. The van der Waals surface area contributed by atoms with Crippen LogP contribution < -0.4 is 5.69 Å². The molecule has 0 bridgehead atoms. The van der Waals surface area contributed by atoms with Gasteiger partial charge in [0, 0.05) is 62.0 Å². The monoisotopic (exact) mass is 641 g/mol. The van der Waals surface area contributed by atoms with Crippen LogP contribution in [0.2, 0.25) is 0 Å². The lowest BCUT2D eigenvalue weighted by molar-refractivity contribution is -0.137. The SMILES string of the molecule is [C-]#[N+]Cn1c(=O)n(C2CCN(CCCn3nc(-c4ccc(C(F)(F)F)cc4)c4c3CCN(S(C)(=O)=O)C4)CC2)c2ccccc21. The summed E-state index contributed by atoms with van der Waals surface area (Å²) in [5, 5.41) is 4.79. The Morgan fingerprint density at radius 1 is 1.00 bits per heavy atom. The molecule has 0 aliphatic carbocycles. The average molecular weight is 642 g/mol. The van der Waals surface area contributed by atoms with Crippen LogP contribution in [-0.2, 0) is 42.4 Å². The van der Waals surface area contributed by atoms with Gasteiger partial charge in [-0.1, -0.05) is 24.3 Å². The number of halogens is 3. The van der Waals surface area contributed by atoms with Crippen LogP contribution in [0.25, 0.3) is 27.1 Å². The van der Waals surface area contributed by atoms with Gasteiger partial charge in [-0.05, 0) is 50.1 Å². The van der Waals surface area contributed by atoms with E-state index in [1.807, 2.05) is 33.5 Å². The van der Waals surface area contributed by atoms with Crippen LogP contribution in [0.1, 0.15) is 42.1 Å². The van der Waals surface area contributed by atoms with Crippen molar-refractivity contribution >= 4 is 21.1 Å². The summed E-state index contributed by atoms with van der Waals surface area (Å²) in [6.45, 7) is 10.7. The molecular formula is C31H34F3N7O3S. The molecule has 2 aliphatic rings. The summed E-state index contributed by atoms with van der Waals surface area (Å²) in [6, 6.07) is 12.5. The van der Waals surface area contributed by atoms with Gasteiger partial charge in [-0.15, -0.1) is 0 Å². The van der Waals surface area contributed by atoms with Crippen molar-refractivity contribution < 1.29 is 21.6 Å². The van der Waals surface area contributed by atoms with E-state index in [-0.39, 0.29) is 24.9 Å². The number of aryl methyl sites for hydroxylation is 1. The first-order valence-corrected chi connectivity index (χ1v) is 16.8. The van der Waals surface area contributed by atoms with Crippen molar-refractivity contribution in [1.82, 2.24) is 28.1 Å². The number of nitrogens with zero attached hydrogens (tertiary/aromatic N) is 7. The average Bonchev–Trinajstić information content (AvgIpc) is 3.51. The molecule has 0 spiro atoms. The standard InChI is InChI=1S/C31H34F3N7O3S/c1-35-21-39-27-6-3-4-7-28(27)41(30(39)42)24-12-17-37(18-13-24)15-5-16-40-26-14-19-38(45(2,43)44)20-25(26)29(36-40)22-8-10-23(11-9-22)31(32,33)34/h3-4,6-11,24H,5,12-21H2,2H3. The summed E-state index contributed by atoms with van der Waals surface area (Å²) < 4.78 is 70.8. The smallest absolute Gasteiger partial charge is 0.303 e. The van der Waals surface area contributed by atoms with Crippen LogP contribution in [0.5, 0.6) is 0 Å². The molecule has 14 heteroatoms. The van der Waals surface area contributed by atoms with Gasteiger partial charge in [-0.25, -0.2) is 24.4 Å². The number of rotatable bonds is 8. The first-order chi connectivity index (χ1) is 21.5. The minimum atomic E-state index is -4.45. The summed E-state index contributed by atoms with van der Waals surface area (Å²) in [7, 11) is -3.45. The predicted molar refractivity (Wildman–Crippen MR) is 164 cm³/mol. The van der Waals surface area contributed by atoms with E-state index in [4.69, 9.17) is 11.7 Å². The number of alkyl halides is 3. The van der Waals surface area contributed by atoms with E-state index in [0.29, 0.717) is 30.8 Å². The van der Waals surface area contributed by atoms with E-state index < -0.39 is 21.8 Å². The first kappa shape index (κ1) is 31.1. The fourth-order valence-corrected chi connectivity index (χ4v) is 7.41. The molecule has 0 N–H and O–H groups in total. The molecule has 0 radical (unpaired) electrons. The molecule has 0 unspecified atom stereocenters. The normalized spacial score (nSPS) is 17.0. The number of para-hydroxylation sites is 2. The van der Waals surface area contributed by atoms with Crippen LogP contribution >= 0.6 is 0 Å². The molecule has 1 fully saturated rings. The lowest BCUT2D eigenvalue weighted by atomic mass is 10.0. The zero-order valence-corrected chi connectivity index (χ0v) is 25.7. The maximum Gasteiger partial charge on any atom is 0.416 e. The van der Waals surface area contributed by atoms with Crippen molar-refractivity contribution in [1.29, 1.82) is 0 Å². The molecule has 4 heterocycles. The molecule has 0 saturated carbocycles. The Bertz CT molecular complexity index is 1910. The van der Waals surface area contributed by atoms with Crippen molar-refractivity contribution in [3.63, 3.8) is 0 Å². The molecular weight excluding hydrogens is 607 g/mol. The minimum Gasteiger partial charge on any atom is -0.303 e. The molecule has 0 amide bonds. The van der Waals surface area contributed by atoms with E-state index >= 15 is 0 Å². The lowest BCUT2D eigenvalue weighted by Crippen LogP contribution is -2.38. The summed E-state index contributed by atoms with van der Waals surface area (Å²) in [5.74, 6) is 0. The molecule has 4 aromatic rings. The number of hydrogen-bond donors (Lipinski definition) is 0. The second kappa shape index (κ2) is 12.1. The number of imidazole rings is 1. The van der Waals surface area contributed by atoms with Gasteiger partial charge >= 0.3 is 11.9 Å². The van der Waals surface area contributed by atoms with Crippen molar-refractivity contribution in [2.75, 3.05) is 32.4 Å². The highest BCUT2D eigenvalue weighted by Crippen LogP contribution is 2.34. The molecule has 2 aromatic carbocycles. The molecule has 238 valence electrons. The number of likely N-dealkylation sites (tertiary alicyclic amines) is 1. The fraction of sp³-hybridized carbons (Fsp3) is 0.452. The van der Waals surface area contributed by atoms with Gasteiger partial charge in [0.2, 0.25) is 10.0 Å². The Labute approximate surface area is 259 Å². The largest absolute Gasteiger partial charge is 0.416 e. The van der Waals surface area contributed by atoms with Crippen molar-refractivity contribution in [2.45, 2.75) is 57.7 Å². The summed E-state index contributed by atoms with van der Waals surface area (Å²) in [4.78, 5) is 19.0. The lowest BCUT2D eigenvalue weighted by Gasteiger charge is -2.32. The molecule has 0 atom stereocenters. The maximum atomic E-state index is 13.2. The number of benzene rings is 2. The zero-order valence-electron chi connectivity index (χ0n) is 24.9. The number of sulfonamides is 1. The third-order valence-corrected chi connectivity index (χ3v) is 10.2. The van der Waals surface area contributed by atoms with Crippen LogP contribution in [0.3, 0.4) is 0 Å². The Morgan fingerprint density at radius 2 is 1.69 bits per heavy atom. The van der Waals surface area contributed by atoms with Gasteiger partial charge in [-0.2, -0.15) is 22.6 Å². The van der Waals surface area contributed by atoms with Crippen LogP contribution in [0.15, 0.2) is 53.3 Å². The van der Waals surface area contributed by atoms with E-state index in [0.717, 1.165) is 79.6 Å². The number of hydrogen-bond acceptors (Lipinski definition) is 5. The third-order valence-electron chi connectivity index (χ3n) is 8.90. The Kier molecular flexibility index (Phi) is 8.36. The van der Waals surface area contributed by atoms with Crippen LogP contribution in [0, 0.1) is 6.57 Å². The Morgan fingerprint density at radius 3 is 2.33 bits per heavy atom. The molecule has 6 rings (SSSR count). The third kappa shape index (κ3) is 6.16. The highest BCUT2D eigenvalue weighted by atomic mass is 32.2. The van der Waals surface area contributed by atoms with Crippen molar-refractivity contribution in [3.05, 3.63) is 87.3 Å². The van der Waals surface area contributed by atoms with Crippen molar-refractivity contribution in [3.8, 4) is 11.3 Å². The second-order valence-corrected chi connectivity index (χ2v) is 13.7. The highest BCUT2D eigenvalue weighted by Gasteiger charge is 2.32. The predicted octanol–water partition coefficient (Wildman–Crippen LogP) is 4.61. The van der Waals surface area contributed by atoms with E-state index in [9.17, 15) is 26.4 Å². The van der Waals surface area contributed by atoms with Crippen LogP contribution in [-0.4, -0.2) is 69.0 Å². The Balaban J connectivity index is 1.15. The number of piperidine rings is 1. The summed E-state index contributed by atoms with van der Waals surface area (Å²) in [5.41, 5.74) is 3.41. The highest BCUT2D eigenvalue weighted by molar-refractivity contribution is 7.88. The van der Waals surface area contributed by atoms with E-state index in [1.165, 1.54) is 21.0 Å². The summed E-state index contributed by atoms with van der Waals surface area (Å²) >= 11 is 0. The van der Waals surface area contributed by atoms with Crippen LogP contribution in [0.4, 0.5) is 13.2 Å². The summed E-state index contributed by atoms with van der Waals surface area (Å²) in [6.07, 6.45) is -0.426. The number of aromatic nitrogens is 4. The molecule has 10 nitrogen and oxygen atoms in total. The van der Waals surface area contributed by atoms with E-state index in [2.05, 4.69) is 9.74 Å². The Hall–Kier alpha value is -3.93. The second-order valence-electron chi connectivity index (χ2n) is 11.7. The topological polar surface area (TPSA) is 89.7 Å². The maximum absolute atomic E-state index is 13.2. The van der Waals surface area contributed by atoms with Gasteiger partial charge in [0.05, 0.1) is 28.5 Å². The minimum absolute atomic E-state index is 0.00477. The quantitative estimate of drug-likeness (QED) is 0.263.